The van der Waals surface area contributed by atoms with Crippen molar-refractivity contribution in [3.05, 3.63) is 47.3 Å². The highest BCUT2D eigenvalue weighted by Crippen LogP contribution is 2.22. The molecule has 23 heavy (non-hydrogen) atoms. The molecule has 0 unspecified atom stereocenters. The lowest BCUT2D eigenvalue weighted by Gasteiger charge is -2.26. The molecule has 0 atom stereocenters. The van der Waals surface area contributed by atoms with Crippen molar-refractivity contribution in [2.75, 3.05) is 18.4 Å². The lowest BCUT2D eigenvalue weighted by Crippen LogP contribution is -2.36. The lowest BCUT2D eigenvalue weighted by molar-refractivity contribution is 0.0718. The summed E-state index contributed by atoms with van der Waals surface area (Å²) in [5, 5.41) is 3.25. The van der Waals surface area contributed by atoms with Crippen LogP contribution in [0.15, 0.2) is 30.5 Å². The predicted octanol–water partition coefficient (Wildman–Crippen LogP) is 3.46. The first-order chi connectivity index (χ1) is 11.1. The number of aromatic nitrogens is 2. The summed E-state index contributed by atoms with van der Waals surface area (Å²) in [5.74, 6) is 0.460. The van der Waals surface area contributed by atoms with Gasteiger partial charge >= 0.3 is 0 Å². The zero-order valence-corrected chi connectivity index (χ0v) is 13.7. The van der Waals surface area contributed by atoms with Gasteiger partial charge in [0.1, 0.15) is 5.69 Å². The van der Waals surface area contributed by atoms with E-state index in [4.69, 9.17) is 0 Å². The van der Waals surface area contributed by atoms with E-state index in [9.17, 15) is 4.79 Å². The lowest BCUT2D eigenvalue weighted by atomic mass is 10.1. The normalized spacial score (nSPS) is 14.6. The first kappa shape index (κ1) is 15.5. The summed E-state index contributed by atoms with van der Waals surface area (Å²) in [6.45, 7) is 5.72. The average molecular weight is 310 g/mol. The maximum Gasteiger partial charge on any atom is 0.272 e. The first-order valence-electron chi connectivity index (χ1n) is 8.11. The van der Waals surface area contributed by atoms with E-state index in [1.165, 1.54) is 6.42 Å². The molecule has 2 aromatic rings. The number of para-hydroxylation sites is 1. The average Bonchev–Trinajstić information content (AvgIpc) is 2.59. The van der Waals surface area contributed by atoms with Gasteiger partial charge in [-0.25, -0.2) is 9.97 Å². The van der Waals surface area contributed by atoms with Crippen molar-refractivity contribution in [1.29, 1.82) is 0 Å². The summed E-state index contributed by atoms with van der Waals surface area (Å²) < 4.78 is 0. The Bertz CT molecular complexity index is 688. The molecular weight excluding hydrogens is 288 g/mol. The third kappa shape index (κ3) is 3.50. The quantitative estimate of drug-likeness (QED) is 0.943. The third-order valence-electron chi connectivity index (χ3n) is 4.24. The Morgan fingerprint density at radius 1 is 1.09 bits per heavy atom. The molecule has 1 aliphatic heterocycles. The van der Waals surface area contributed by atoms with E-state index in [2.05, 4.69) is 15.3 Å². The Labute approximate surface area is 136 Å². The van der Waals surface area contributed by atoms with Crippen LogP contribution in [0.25, 0.3) is 0 Å². The number of amides is 1. The molecule has 0 aliphatic carbocycles. The summed E-state index contributed by atoms with van der Waals surface area (Å²) in [5.41, 5.74) is 3.70. The van der Waals surface area contributed by atoms with Gasteiger partial charge in [-0.1, -0.05) is 18.2 Å². The number of carbonyl (C=O) groups is 1. The Morgan fingerprint density at radius 2 is 1.78 bits per heavy atom. The van der Waals surface area contributed by atoms with Crippen molar-refractivity contribution in [1.82, 2.24) is 14.9 Å². The largest absolute Gasteiger partial charge is 0.337 e. The number of hydrogen-bond donors (Lipinski definition) is 1. The summed E-state index contributed by atoms with van der Waals surface area (Å²) in [4.78, 5) is 23.1. The van der Waals surface area contributed by atoms with Crippen LogP contribution in [-0.4, -0.2) is 33.9 Å². The van der Waals surface area contributed by atoms with E-state index >= 15 is 0 Å². The van der Waals surface area contributed by atoms with Crippen LogP contribution in [0, 0.1) is 13.8 Å². The zero-order chi connectivity index (χ0) is 16.2. The van der Waals surface area contributed by atoms with Crippen LogP contribution in [-0.2, 0) is 0 Å². The number of nitrogens with one attached hydrogen (secondary N) is 1. The van der Waals surface area contributed by atoms with E-state index in [-0.39, 0.29) is 5.91 Å². The van der Waals surface area contributed by atoms with Gasteiger partial charge in [0.2, 0.25) is 5.95 Å². The minimum Gasteiger partial charge on any atom is -0.337 e. The van der Waals surface area contributed by atoms with Gasteiger partial charge in [-0.15, -0.1) is 0 Å². The third-order valence-corrected chi connectivity index (χ3v) is 4.24. The molecule has 1 aromatic heterocycles. The maximum atomic E-state index is 12.5. The van der Waals surface area contributed by atoms with Crippen molar-refractivity contribution >= 4 is 17.5 Å². The second-order valence-corrected chi connectivity index (χ2v) is 6.01. The van der Waals surface area contributed by atoms with Crippen LogP contribution in [0.3, 0.4) is 0 Å². The molecule has 0 spiro atoms. The fraction of sp³-hybridized carbons (Fsp3) is 0.389. The van der Waals surface area contributed by atoms with E-state index < -0.39 is 0 Å². The van der Waals surface area contributed by atoms with Crippen molar-refractivity contribution in [3.8, 4) is 0 Å². The van der Waals surface area contributed by atoms with E-state index in [1.54, 1.807) is 12.3 Å². The number of nitrogens with zero attached hydrogens (tertiary/aromatic N) is 3. The summed E-state index contributed by atoms with van der Waals surface area (Å²) in [7, 11) is 0. The van der Waals surface area contributed by atoms with Gasteiger partial charge < -0.3 is 10.2 Å². The Kier molecular flexibility index (Phi) is 4.55. The number of anilines is 2. The Balaban J connectivity index is 1.81. The molecule has 5 heteroatoms. The highest BCUT2D eigenvalue weighted by Gasteiger charge is 2.19. The summed E-state index contributed by atoms with van der Waals surface area (Å²) in [6.07, 6.45) is 4.99. The van der Waals surface area contributed by atoms with Gasteiger partial charge in [0.05, 0.1) is 0 Å². The van der Waals surface area contributed by atoms with Gasteiger partial charge in [0.15, 0.2) is 0 Å². The second-order valence-electron chi connectivity index (χ2n) is 6.01. The van der Waals surface area contributed by atoms with Crippen molar-refractivity contribution < 1.29 is 4.79 Å². The van der Waals surface area contributed by atoms with Gasteiger partial charge in [-0.05, 0) is 50.3 Å². The summed E-state index contributed by atoms with van der Waals surface area (Å²) >= 11 is 0. The Morgan fingerprint density at radius 3 is 2.48 bits per heavy atom. The first-order valence-corrected chi connectivity index (χ1v) is 8.11. The van der Waals surface area contributed by atoms with Gasteiger partial charge in [0, 0.05) is 25.0 Å². The molecule has 1 aliphatic rings. The van der Waals surface area contributed by atoms with Gasteiger partial charge in [0.25, 0.3) is 5.91 Å². The summed E-state index contributed by atoms with van der Waals surface area (Å²) in [6, 6.07) is 7.79. The number of hydrogen-bond acceptors (Lipinski definition) is 4. The molecule has 0 bridgehead atoms. The maximum absolute atomic E-state index is 12.5. The SMILES string of the molecule is Cc1cccc(C)c1Nc1nccc(C(=O)N2CCCCC2)n1. The number of aryl methyl sites for hydroxylation is 2. The highest BCUT2D eigenvalue weighted by atomic mass is 16.2. The minimum absolute atomic E-state index is 0.00310. The zero-order valence-electron chi connectivity index (χ0n) is 13.7. The smallest absolute Gasteiger partial charge is 0.272 e. The minimum atomic E-state index is -0.00310. The molecule has 2 heterocycles. The standard InChI is InChI=1S/C18H22N4O/c1-13-7-6-8-14(2)16(13)21-18-19-10-9-15(20-18)17(23)22-11-4-3-5-12-22/h6-10H,3-5,11-12H2,1-2H3,(H,19,20,21). The fourth-order valence-electron chi connectivity index (χ4n) is 2.92. The Hall–Kier alpha value is -2.43. The number of piperidine rings is 1. The molecule has 1 aromatic carbocycles. The van der Waals surface area contributed by atoms with Crippen LogP contribution in [0.5, 0.6) is 0 Å². The number of carbonyl (C=O) groups excluding carboxylic acids is 1. The number of benzene rings is 1. The van der Waals surface area contributed by atoms with Crippen molar-refractivity contribution in [3.63, 3.8) is 0 Å². The monoisotopic (exact) mass is 310 g/mol. The topological polar surface area (TPSA) is 58.1 Å². The molecule has 3 rings (SSSR count). The molecule has 120 valence electrons. The molecule has 1 amide bonds. The van der Waals surface area contributed by atoms with Crippen LogP contribution in [0.4, 0.5) is 11.6 Å². The molecule has 5 nitrogen and oxygen atoms in total. The van der Waals surface area contributed by atoms with Crippen LogP contribution in [0.1, 0.15) is 40.9 Å². The van der Waals surface area contributed by atoms with E-state index in [0.717, 1.165) is 42.7 Å². The molecule has 1 saturated heterocycles. The molecule has 0 radical (unpaired) electrons. The fourth-order valence-corrected chi connectivity index (χ4v) is 2.92. The molecule has 1 N–H and O–H groups in total. The highest BCUT2D eigenvalue weighted by molar-refractivity contribution is 5.92. The van der Waals surface area contributed by atoms with Crippen LogP contribution < -0.4 is 5.32 Å². The van der Waals surface area contributed by atoms with E-state index in [1.807, 2.05) is 36.9 Å². The van der Waals surface area contributed by atoms with E-state index in [0.29, 0.717) is 11.6 Å². The molecule has 0 saturated carbocycles. The molecule has 1 fully saturated rings. The number of rotatable bonds is 3. The second kappa shape index (κ2) is 6.77. The van der Waals surface area contributed by atoms with Crippen molar-refractivity contribution in [2.24, 2.45) is 0 Å². The van der Waals surface area contributed by atoms with Crippen LogP contribution in [0.2, 0.25) is 0 Å². The number of likely N-dealkylation sites (tertiary alicyclic amines) is 1. The van der Waals surface area contributed by atoms with Crippen molar-refractivity contribution in [2.45, 2.75) is 33.1 Å². The van der Waals surface area contributed by atoms with Gasteiger partial charge in [-0.2, -0.15) is 0 Å². The van der Waals surface area contributed by atoms with Gasteiger partial charge in [-0.3, -0.25) is 4.79 Å². The predicted molar refractivity (Wildman–Crippen MR) is 91.0 cm³/mol. The molecular formula is C18H22N4O. The van der Waals surface area contributed by atoms with Crippen LogP contribution >= 0.6 is 0 Å².